The quantitative estimate of drug-likeness (QED) is 0.195. The smallest absolute Gasteiger partial charge is 0.420 e. The first-order chi connectivity index (χ1) is 15.1. The minimum atomic E-state index is -1.36. The van der Waals surface area contributed by atoms with Gasteiger partial charge in [0.25, 0.3) is 5.69 Å². The predicted octanol–water partition coefficient (Wildman–Crippen LogP) is 4.17. The summed E-state index contributed by atoms with van der Waals surface area (Å²) in [5.74, 6) is -0.902. The van der Waals surface area contributed by atoms with Gasteiger partial charge in [-0.3, -0.25) is 10.1 Å². The molecule has 0 radical (unpaired) electrons. The molecule has 0 fully saturated rings. The summed E-state index contributed by atoms with van der Waals surface area (Å²) in [6.45, 7) is 10.1. The SMILES string of the molecule is CC(C)(C)OC(=O)N(C(=O)OC(C)(C)C)[C@@H](CCCCN)C(=O)Oc1ccc([N+](=O)[O-])cc1. The number of non-ortho nitro benzene ring substituents is 1. The molecule has 0 aromatic heterocycles. The Kier molecular flexibility index (Phi) is 9.78. The molecule has 0 aliphatic heterocycles. The Morgan fingerprint density at radius 2 is 1.45 bits per heavy atom. The number of hydrogen-bond acceptors (Lipinski definition) is 9. The largest absolute Gasteiger partial charge is 0.443 e. The molecule has 0 heterocycles. The highest BCUT2D eigenvalue weighted by molar-refractivity contribution is 5.94. The van der Waals surface area contributed by atoms with E-state index in [1.807, 2.05) is 0 Å². The van der Waals surface area contributed by atoms with Crippen molar-refractivity contribution in [3.63, 3.8) is 0 Å². The number of amides is 2. The molecule has 0 spiro atoms. The second-order valence-corrected chi connectivity index (χ2v) is 9.30. The Morgan fingerprint density at radius 1 is 0.970 bits per heavy atom. The molecule has 0 saturated carbocycles. The number of unbranched alkanes of at least 4 members (excludes halogenated alkanes) is 1. The molecule has 33 heavy (non-hydrogen) atoms. The zero-order chi connectivity index (χ0) is 25.4. The summed E-state index contributed by atoms with van der Waals surface area (Å²) in [6, 6.07) is 3.48. The third-order valence-electron chi connectivity index (χ3n) is 3.96. The van der Waals surface area contributed by atoms with Gasteiger partial charge in [-0.2, -0.15) is 4.90 Å². The zero-order valence-electron chi connectivity index (χ0n) is 20.0. The number of imide groups is 1. The normalized spacial score (nSPS) is 12.5. The van der Waals surface area contributed by atoms with Gasteiger partial charge in [-0.15, -0.1) is 0 Å². The molecular formula is C22H33N3O8. The molecule has 184 valence electrons. The van der Waals surface area contributed by atoms with Crippen LogP contribution in [0.5, 0.6) is 5.75 Å². The first-order valence-corrected chi connectivity index (χ1v) is 10.6. The molecule has 1 rings (SSSR count). The van der Waals surface area contributed by atoms with Crippen molar-refractivity contribution in [1.82, 2.24) is 4.90 Å². The van der Waals surface area contributed by atoms with Crippen LogP contribution in [0.4, 0.5) is 15.3 Å². The van der Waals surface area contributed by atoms with Crippen LogP contribution in [-0.4, -0.2) is 51.8 Å². The van der Waals surface area contributed by atoms with Crippen molar-refractivity contribution in [3.05, 3.63) is 34.4 Å². The molecule has 2 amide bonds. The van der Waals surface area contributed by atoms with E-state index >= 15 is 0 Å². The van der Waals surface area contributed by atoms with Crippen LogP contribution in [0, 0.1) is 10.1 Å². The molecule has 0 aliphatic rings. The number of nitrogens with two attached hydrogens (primary N) is 1. The first-order valence-electron chi connectivity index (χ1n) is 10.6. The second-order valence-electron chi connectivity index (χ2n) is 9.30. The van der Waals surface area contributed by atoms with Crippen molar-refractivity contribution in [2.75, 3.05) is 6.54 Å². The summed E-state index contributed by atoms with van der Waals surface area (Å²) in [4.78, 5) is 49.8. The summed E-state index contributed by atoms with van der Waals surface area (Å²) in [5.41, 5.74) is 3.48. The molecule has 0 saturated heterocycles. The lowest BCUT2D eigenvalue weighted by molar-refractivity contribution is -0.384. The van der Waals surface area contributed by atoms with Gasteiger partial charge in [-0.1, -0.05) is 0 Å². The van der Waals surface area contributed by atoms with Gasteiger partial charge in [0.15, 0.2) is 0 Å². The molecule has 2 N–H and O–H groups in total. The minimum Gasteiger partial charge on any atom is -0.443 e. The van der Waals surface area contributed by atoms with Crippen molar-refractivity contribution in [2.45, 2.75) is 78.0 Å². The Hall–Kier alpha value is -3.21. The van der Waals surface area contributed by atoms with Gasteiger partial charge in [-0.25, -0.2) is 14.4 Å². The van der Waals surface area contributed by atoms with Gasteiger partial charge in [0.05, 0.1) is 4.92 Å². The van der Waals surface area contributed by atoms with Crippen molar-refractivity contribution < 1.29 is 33.5 Å². The van der Waals surface area contributed by atoms with Crippen molar-refractivity contribution in [1.29, 1.82) is 0 Å². The molecule has 0 bridgehead atoms. The maximum Gasteiger partial charge on any atom is 0.420 e. The van der Waals surface area contributed by atoms with E-state index in [1.54, 1.807) is 41.5 Å². The fourth-order valence-corrected chi connectivity index (χ4v) is 2.61. The van der Waals surface area contributed by atoms with Gasteiger partial charge in [-0.05, 0) is 79.5 Å². The van der Waals surface area contributed by atoms with E-state index in [1.165, 1.54) is 24.3 Å². The van der Waals surface area contributed by atoms with Crippen LogP contribution in [0.15, 0.2) is 24.3 Å². The Morgan fingerprint density at radius 3 is 1.85 bits per heavy atom. The Bertz CT molecular complexity index is 813. The highest BCUT2D eigenvalue weighted by atomic mass is 16.6. The standard InChI is InChI=1S/C22H33N3O8/c1-21(2,3)32-19(27)24(20(28)33-22(4,5)6)17(9-7-8-14-23)18(26)31-16-12-10-15(11-13-16)25(29)30/h10-13,17H,7-9,14,23H2,1-6H3/t17-/m0/s1. The molecule has 0 unspecified atom stereocenters. The van der Waals surface area contributed by atoms with Crippen LogP contribution in [-0.2, 0) is 14.3 Å². The molecule has 1 aromatic rings. The third kappa shape index (κ3) is 9.85. The van der Waals surface area contributed by atoms with Crippen LogP contribution in [0.25, 0.3) is 0 Å². The predicted molar refractivity (Wildman–Crippen MR) is 120 cm³/mol. The maximum atomic E-state index is 13.1. The van der Waals surface area contributed by atoms with Crippen molar-refractivity contribution in [2.24, 2.45) is 5.73 Å². The zero-order valence-corrected chi connectivity index (χ0v) is 20.0. The summed E-state index contributed by atoms with van der Waals surface area (Å²) < 4.78 is 16.0. The fraction of sp³-hybridized carbons (Fsp3) is 0.591. The third-order valence-corrected chi connectivity index (χ3v) is 3.96. The number of hydrogen-bond donors (Lipinski definition) is 1. The Balaban J connectivity index is 3.29. The van der Waals surface area contributed by atoms with E-state index < -0.39 is 40.3 Å². The van der Waals surface area contributed by atoms with E-state index in [9.17, 15) is 24.5 Å². The van der Waals surface area contributed by atoms with Gasteiger partial charge < -0.3 is 19.9 Å². The topological polar surface area (TPSA) is 151 Å². The first kappa shape index (κ1) is 27.8. The lowest BCUT2D eigenvalue weighted by atomic mass is 10.1. The summed E-state index contributed by atoms with van der Waals surface area (Å²) in [6.07, 6.45) is -1.11. The fourth-order valence-electron chi connectivity index (χ4n) is 2.61. The summed E-state index contributed by atoms with van der Waals surface area (Å²) in [5, 5.41) is 10.8. The average molecular weight is 468 g/mol. The Labute approximate surface area is 193 Å². The minimum absolute atomic E-state index is 0.0164. The molecular weight excluding hydrogens is 434 g/mol. The monoisotopic (exact) mass is 467 g/mol. The lowest BCUT2D eigenvalue weighted by Gasteiger charge is -2.32. The summed E-state index contributed by atoms with van der Waals surface area (Å²) in [7, 11) is 0. The summed E-state index contributed by atoms with van der Waals surface area (Å²) >= 11 is 0. The average Bonchev–Trinajstić information content (AvgIpc) is 2.64. The maximum absolute atomic E-state index is 13.1. The highest BCUT2D eigenvalue weighted by Gasteiger charge is 2.41. The number of benzene rings is 1. The van der Waals surface area contributed by atoms with Gasteiger partial charge in [0.2, 0.25) is 0 Å². The number of carbonyl (C=O) groups excluding carboxylic acids is 3. The van der Waals surface area contributed by atoms with E-state index in [2.05, 4.69) is 0 Å². The van der Waals surface area contributed by atoms with Gasteiger partial charge >= 0.3 is 18.2 Å². The van der Waals surface area contributed by atoms with Crippen LogP contribution in [0.3, 0.4) is 0 Å². The molecule has 11 heteroatoms. The number of nitrogens with zero attached hydrogens (tertiary/aromatic N) is 2. The number of rotatable bonds is 8. The van der Waals surface area contributed by atoms with Crippen molar-refractivity contribution >= 4 is 23.8 Å². The van der Waals surface area contributed by atoms with Crippen LogP contribution < -0.4 is 10.5 Å². The lowest BCUT2D eigenvalue weighted by Crippen LogP contribution is -2.53. The van der Waals surface area contributed by atoms with Crippen LogP contribution in [0.1, 0.15) is 60.8 Å². The molecule has 1 atom stereocenters. The molecule has 11 nitrogen and oxygen atoms in total. The van der Waals surface area contributed by atoms with Crippen LogP contribution >= 0.6 is 0 Å². The van der Waals surface area contributed by atoms with Crippen LogP contribution in [0.2, 0.25) is 0 Å². The van der Waals surface area contributed by atoms with Crippen molar-refractivity contribution in [3.8, 4) is 5.75 Å². The van der Waals surface area contributed by atoms with E-state index in [-0.39, 0.29) is 17.9 Å². The highest BCUT2D eigenvalue weighted by Crippen LogP contribution is 2.23. The molecule has 1 aromatic carbocycles. The second kappa shape index (κ2) is 11.6. The molecule has 0 aliphatic carbocycles. The number of nitro benzene ring substituents is 1. The van der Waals surface area contributed by atoms with Gasteiger partial charge in [0.1, 0.15) is 23.0 Å². The van der Waals surface area contributed by atoms with E-state index in [4.69, 9.17) is 19.9 Å². The number of ether oxygens (including phenoxy) is 3. The van der Waals surface area contributed by atoms with Gasteiger partial charge in [0, 0.05) is 12.1 Å². The van der Waals surface area contributed by atoms with E-state index in [0.29, 0.717) is 24.3 Å². The van der Waals surface area contributed by atoms with E-state index in [0.717, 1.165) is 0 Å². The number of carbonyl (C=O) groups is 3. The number of esters is 1. The number of nitro groups is 1.